The molecule has 32 heavy (non-hydrogen) atoms. The van der Waals surface area contributed by atoms with Gasteiger partial charge in [0.15, 0.2) is 11.5 Å². The molecule has 1 saturated heterocycles. The smallest absolute Gasteiger partial charge is 0.410 e. The number of rotatable bonds is 4. The molecule has 0 spiro atoms. The van der Waals surface area contributed by atoms with Gasteiger partial charge < -0.3 is 29.3 Å². The predicted molar refractivity (Wildman–Crippen MR) is 120 cm³/mol. The first-order chi connectivity index (χ1) is 15.1. The van der Waals surface area contributed by atoms with Crippen LogP contribution in [0.15, 0.2) is 36.5 Å². The number of piperazine rings is 1. The molecule has 2 aromatic rings. The number of pyridine rings is 1. The average molecular weight is 443 g/mol. The number of carbonyl (C=O) groups is 2. The van der Waals surface area contributed by atoms with Gasteiger partial charge in [-0.2, -0.15) is 0 Å². The summed E-state index contributed by atoms with van der Waals surface area (Å²) >= 11 is 0. The van der Waals surface area contributed by atoms with E-state index in [2.05, 4.69) is 10.3 Å². The number of aryl methyl sites for hydroxylation is 1. The maximum absolute atomic E-state index is 12.6. The highest BCUT2D eigenvalue weighted by Crippen LogP contribution is 2.31. The van der Waals surface area contributed by atoms with Gasteiger partial charge in [0.1, 0.15) is 5.60 Å². The Balaban J connectivity index is 1.52. The van der Waals surface area contributed by atoms with Gasteiger partial charge in [-0.15, -0.1) is 0 Å². The Bertz CT molecular complexity index is 948. The molecule has 0 saturated carbocycles. The lowest BCUT2D eigenvalue weighted by atomic mass is 10.2. The molecule has 2 heterocycles. The first-order valence-electron chi connectivity index (χ1n) is 10.5. The number of amides is 3. The Kier molecular flexibility index (Phi) is 7.07. The minimum atomic E-state index is -0.543. The molecule has 172 valence electrons. The fourth-order valence-electron chi connectivity index (χ4n) is 3.11. The topological polar surface area (TPSA) is 93.2 Å². The average Bonchev–Trinajstić information content (AvgIpc) is 2.75. The number of anilines is 1. The van der Waals surface area contributed by atoms with Crippen molar-refractivity contribution in [2.75, 3.05) is 38.6 Å². The monoisotopic (exact) mass is 442 g/mol. The van der Waals surface area contributed by atoms with Gasteiger partial charge in [-0.3, -0.25) is 0 Å². The van der Waals surface area contributed by atoms with E-state index in [1.54, 1.807) is 29.0 Å². The molecule has 1 fully saturated rings. The van der Waals surface area contributed by atoms with Crippen molar-refractivity contribution >= 4 is 17.8 Å². The van der Waals surface area contributed by atoms with Crippen LogP contribution < -0.4 is 14.8 Å². The molecule has 3 rings (SSSR count). The van der Waals surface area contributed by atoms with Crippen LogP contribution in [0, 0.1) is 6.92 Å². The van der Waals surface area contributed by atoms with Gasteiger partial charge in [-0.05, 0) is 51.5 Å². The quantitative estimate of drug-likeness (QED) is 0.760. The van der Waals surface area contributed by atoms with Crippen LogP contribution in [0.2, 0.25) is 0 Å². The molecule has 1 aromatic carbocycles. The van der Waals surface area contributed by atoms with E-state index in [0.29, 0.717) is 49.2 Å². The molecular formula is C23H30N4O5. The van der Waals surface area contributed by atoms with Crippen LogP contribution in [0.3, 0.4) is 0 Å². The molecule has 9 nitrogen and oxygen atoms in total. The minimum Gasteiger partial charge on any atom is -0.493 e. The van der Waals surface area contributed by atoms with Gasteiger partial charge >= 0.3 is 12.1 Å². The molecule has 1 N–H and O–H groups in total. The second-order valence-corrected chi connectivity index (χ2v) is 8.53. The first-order valence-corrected chi connectivity index (χ1v) is 10.5. The number of hydrogen-bond acceptors (Lipinski definition) is 6. The van der Waals surface area contributed by atoms with Crippen LogP contribution in [0.5, 0.6) is 17.4 Å². The fourth-order valence-corrected chi connectivity index (χ4v) is 3.11. The van der Waals surface area contributed by atoms with Gasteiger partial charge in [-0.1, -0.05) is 6.07 Å². The zero-order valence-electron chi connectivity index (χ0n) is 19.2. The number of aromatic nitrogens is 1. The molecule has 0 atom stereocenters. The van der Waals surface area contributed by atoms with E-state index in [9.17, 15) is 9.59 Å². The second-order valence-electron chi connectivity index (χ2n) is 8.53. The molecule has 1 aliphatic heterocycles. The lowest BCUT2D eigenvalue weighted by molar-refractivity contribution is 0.0174. The molecular weight excluding hydrogens is 412 g/mol. The van der Waals surface area contributed by atoms with Crippen LogP contribution in [0.4, 0.5) is 15.3 Å². The lowest BCUT2D eigenvalue weighted by Crippen LogP contribution is -2.52. The number of methoxy groups -OCH3 is 1. The van der Waals surface area contributed by atoms with Crippen LogP contribution >= 0.6 is 0 Å². The normalized spacial score (nSPS) is 14.0. The highest BCUT2D eigenvalue weighted by molar-refractivity contribution is 5.89. The molecule has 0 radical (unpaired) electrons. The number of hydrogen-bond donors (Lipinski definition) is 1. The van der Waals surface area contributed by atoms with Gasteiger partial charge in [-0.25, -0.2) is 14.6 Å². The van der Waals surface area contributed by atoms with E-state index < -0.39 is 5.60 Å². The van der Waals surface area contributed by atoms with E-state index in [0.717, 1.165) is 5.56 Å². The lowest BCUT2D eigenvalue weighted by Gasteiger charge is -2.35. The number of nitrogens with zero attached hydrogens (tertiary/aromatic N) is 3. The highest BCUT2D eigenvalue weighted by Gasteiger charge is 2.27. The van der Waals surface area contributed by atoms with Crippen molar-refractivity contribution in [3.8, 4) is 17.4 Å². The van der Waals surface area contributed by atoms with E-state index in [-0.39, 0.29) is 12.1 Å². The number of nitrogens with one attached hydrogen (secondary N) is 1. The summed E-state index contributed by atoms with van der Waals surface area (Å²) in [7, 11) is 1.58. The second kappa shape index (κ2) is 9.76. The van der Waals surface area contributed by atoms with Crippen molar-refractivity contribution in [3.05, 3.63) is 42.1 Å². The minimum absolute atomic E-state index is 0.246. The largest absolute Gasteiger partial charge is 0.493 e. The van der Waals surface area contributed by atoms with E-state index in [4.69, 9.17) is 14.2 Å². The van der Waals surface area contributed by atoms with Crippen LogP contribution in [-0.2, 0) is 4.74 Å². The molecule has 1 aromatic heterocycles. The van der Waals surface area contributed by atoms with E-state index in [1.165, 1.54) is 6.20 Å². The molecule has 0 aliphatic carbocycles. The van der Waals surface area contributed by atoms with Crippen molar-refractivity contribution < 1.29 is 23.8 Å². The fraction of sp³-hybridized carbons (Fsp3) is 0.435. The predicted octanol–water partition coefficient (Wildman–Crippen LogP) is 4.28. The summed E-state index contributed by atoms with van der Waals surface area (Å²) in [5.74, 6) is 1.57. The summed E-state index contributed by atoms with van der Waals surface area (Å²) < 4.78 is 16.5. The SMILES string of the molecule is COc1cc(C)ccc1Oc1ccc(NC(=O)N2CCN(C(=O)OC(C)(C)C)CC2)cn1. The number of urea groups is 1. The summed E-state index contributed by atoms with van der Waals surface area (Å²) in [5.41, 5.74) is 1.07. The standard InChI is InChI=1S/C23H30N4O5/c1-16-6-8-18(19(14-16)30-5)31-20-9-7-17(15-24-20)25-21(28)26-10-12-27(13-11-26)22(29)32-23(2,3)4/h6-9,14-15H,10-13H2,1-5H3,(H,25,28). The van der Waals surface area contributed by atoms with Gasteiger partial charge in [0.2, 0.25) is 5.88 Å². The molecule has 0 bridgehead atoms. The first kappa shape index (κ1) is 23.2. The Morgan fingerprint density at radius 2 is 1.69 bits per heavy atom. The highest BCUT2D eigenvalue weighted by atomic mass is 16.6. The third-order valence-corrected chi connectivity index (χ3v) is 4.74. The van der Waals surface area contributed by atoms with Crippen LogP contribution in [0.25, 0.3) is 0 Å². The Morgan fingerprint density at radius 3 is 2.28 bits per heavy atom. The summed E-state index contributed by atoms with van der Waals surface area (Å²) in [4.78, 5) is 32.3. The van der Waals surface area contributed by atoms with Crippen molar-refractivity contribution in [3.63, 3.8) is 0 Å². The maximum atomic E-state index is 12.6. The van der Waals surface area contributed by atoms with Gasteiger partial charge in [0, 0.05) is 32.2 Å². The number of carbonyl (C=O) groups excluding carboxylic acids is 2. The summed E-state index contributed by atoms with van der Waals surface area (Å²) in [6.07, 6.45) is 1.17. The summed E-state index contributed by atoms with van der Waals surface area (Å²) in [5, 5.41) is 2.82. The van der Waals surface area contributed by atoms with Crippen molar-refractivity contribution in [2.45, 2.75) is 33.3 Å². The zero-order chi connectivity index (χ0) is 23.3. The third kappa shape index (κ3) is 6.26. The Morgan fingerprint density at radius 1 is 1.00 bits per heavy atom. The van der Waals surface area contributed by atoms with Crippen LogP contribution in [0.1, 0.15) is 26.3 Å². The molecule has 1 aliphatic rings. The molecule has 3 amide bonds. The third-order valence-electron chi connectivity index (χ3n) is 4.74. The Labute approximate surface area is 188 Å². The molecule has 0 unspecified atom stereocenters. The molecule has 9 heteroatoms. The zero-order valence-corrected chi connectivity index (χ0v) is 19.2. The maximum Gasteiger partial charge on any atom is 0.410 e. The number of benzene rings is 1. The van der Waals surface area contributed by atoms with Crippen LogP contribution in [-0.4, -0.2) is 65.8 Å². The van der Waals surface area contributed by atoms with Gasteiger partial charge in [0.05, 0.1) is 19.0 Å². The van der Waals surface area contributed by atoms with E-state index in [1.807, 2.05) is 45.9 Å². The Hall–Kier alpha value is -3.49. The van der Waals surface area contributed by atoms with Crippen molar-refractivity contribution in [1.29, 1.82) is 0 Å². The van der Waals surface area contributed by atoms with Crippen molar-refractivity contribution in [2.24, 2.45) is 0 Å². The summed E-state index contributed by atoms with van der Waals surface area (Å²) in [6, 6.07) is 8.78. The van der Waals surface area contributed by atoms with E-state index >= 15 is 0 Å². The van der Waals surface area contributed by atoms with Crippen molar-refractivity contribution in [1.82, 2.24) is 14.8 Å². The summed E-state index contributed by atoms with van der Waals surface area (Å²) in [6.45, 7) is 9.15. The van der Waals surface area contributed by atoms with Gasteiger partial charge in [0.25, 0.3) is 0 Å². The number of ether oxygens (including phenoxy) is 3.